The number of hydrogen-bond acceptors (Lipinski definition) is 3. The van der Waals surface area contributed by atoms with Gasteiger partial charge in [0.15, 0.2) is 0 Å². The van der Waals surface area contributed by atoms with Gasteiger partial charge in [-0.05, 0) is 0 Å². The van der Waals surface area contributed by atoms with E-state index in [1.807, 2.05) is 6.07 Å². The van der Waals surface area contributed by atoms with Gasteiger partial charge in [-0.2, -0.15) is 0 Å². The van der Waals surface area contributed by atoms with Crippen molar-refractivity contribution in [3.8, 4) is 23.0 Å². The Morgan fingerprint density at radius 2 is 1.07 bits per heavy atom. The number of anilines is 3. The molecule has 0 bridgehead atoms. The number of aryl methyl sites for hydroxylation is 1. The number of nitrogens with zero attached hydrogens (tertiary/aromatic N) is 1. The van der Waals surface area contributed by atoms with E-state index in [0.717, 1.165) is 28.7 Å². The first-order chi connectivity index (χ1) is 14.7. The number of ether oxygens (including phenoxy) is 2. The van der Waals surface area contributed by atoms with Crippen molar-refractivity contribution >= 4 is 43.5 Å². The van der Waals surface area contributed by atoms with E-state index in [9.17, 15) is 0 Å². The Morgan fingerprint density at radius 1 is 0.600 bits per heavy atom. The van der Waals surface area contributed by atoms with Crippen molar-refractivity contribution in [3.05, 3.63) is 84.4 Å². The molecule has 0 N–H and O–H groups in total. The molecule has 144 valence electrons. The molecule has 3 aliphatic heterocycles. The van der Waals surface area contributed by atoms with Gasteiger partial charge in [0.05, 0.1) is 0 Å². The maximum absolute atomic E-state index is 6.46. The topological polar surface area (TPSA) is 21.7 Å². The van der Waals surface area contributed by atoms with Crippen LogP contribution < -0.4 is 27.6 Å². The van der Waals surface area contributed by atoms with Crippen LogP contribution in [0.4, 0.5) is 17.1 Å². The van der Waals surface area contributed by atoms with Gasteiger partial charge >= 0.3 is 178 Å². The van der Waals surface area contributed by atoms with Crippen molar-refractivity contribution in [2.24, 2.45) is 0 Å². The molecular weight excluding hydrogens is 431 g/mol. The van der Waals surface area contributed by atoms with E-state index in [0.29, 0.717) is 0 Å². The third-order valence-corrected chi connectivity index (χ3v) is 16.1. The zero-order valence-electron chi connectivity index (χ0n) is 16.8. The first kappa shape index (κ1) is 16.6. The van der Waals surface area contributed by atoms with Gasteiger partial charge in [0.1, 0.15) is 0 Å². The maximum atomic E-state index is 6.46. The first-order valence-corrected chi connectivity index (χ1v) is 15.5. The van der Waals surface area contributed by atoms with Crippen LogP contribution in [0.2, 0.25) is 5.76 Å². The van der Waals surface area contributed by atoms with Crippen LogP contribution in [0.25, 0.3) is 0 Å². The van der Waals surface area contributed by atoms with Crippen LogP contribution in [-0.2, 0) is 0 Å². The van der Waals surface area contributed by atoms with E-state index in [1.165, 1.54) is 30.1 Å². The van der Waals surface area contributed by atoms with Gasteiger partial charge < -0.3 is 0 Å². The second kappa shape index (κ2) is 5.49. The predicted molar refractivity (Wildman–Crippen MR) is 123 cm³/mol. The number of benzene rings is 4. The summed E-state index contributed by atoms with van der Waals surface area (Å²) in [6, 6.07) is 28.0. The van der Waals surface area contributed by atoms with Gasteiger partial charge in [-0.1, -0.05) is 0 Å². The van der Waals surface area contributed by atoms with Gasteiger partial charge in [-0.3, -0.25) is 0 Å². The van der Waals surface area contributed by atoms with Crippen molar-refractivity contribution in [2.75, 3.05) is 4.90 Å². The molecule has 0 aromatic heterocycles. The van der Waals surface area contributed by atoms with Crippen LogP contribution in [0.15, 0.2) is 78.9 Å². The van der Waals surface area contributed by atoms with Gasteiger partial charge in [0, 0.05) is 0 Å². The summed E-state index contributed by atoms with van der Waals surface area (Å²) in [6.07, 6.45) is 0. The second-order valence-electron chi connectivity index (χ2n) is 8.43. The van der Waals surface area contributed by atoms with Gasteiger partial charge in [0.25, 0.3) is 0 Å². The molecule has 3 heterocycles. The fourth-order valence-electron chi connectivity index (χ4n) is 5.47. The molecule has 0 spiro atoms. The van der Waals surface area contributed by atoms with Crippen LogP contribution in [0, 0.1) is 6.92 Å². The summed E-state index contributed by atoms with van der Waals surface area (Å²) in [5, 5.41) is 0. The second-order valence-corrected chi connectivity index (χ2v) is 16.3. The standard InChI is InChI=1S/C26H19GeNO2/c1-16-12-14-17(15-13-16)28-18-6-3-8-20-24(18)27(2)25-19(28)7-4-9-21(25)30-23-11-5-10-22(29-20)26(23)27/h3-15H,1-2H3. The monoisotopic (exact) mass is 451 g/mol. The van der Waals surface area contributed by atoms with Crippen molar-refractivity contribution < 1.29 is 9.47 Å². The molecule has 4 heteroatoms. The molecule has 0 radical (unpaired) electrons. The molecule has 0 unspecified atom stereocenters. The Hall–Kier alpha value is -3.18. The molecule has 0 saturated carbocycles. The fraction of sp³-hybridized carbons (Fsp3) is 0.0769. The zero-order chi connectivity index (χ0) is 20.0. The van der Waals surface area contributed by atoms with Crippen LogP contribution >= 0.6 is 0 Å². The van der Waals surface area contributed by atoms with E-state index in [2.05, 4.69) is 90.4 Å². The van der Waals surface area contributed by atoms with E-state index >= 15 is 0 Å². The van der Waals surface area contributed by atoms with Crippen LogP contribution in [0.3, 0.4) is 0 Å². The summed E-state index contributed by atoms with van der Waals surface area (Å²) in [4.78, 5) is 2.38. The Balaban J connectivity index is 1.64. The summed E-state index contributed by atoms with van der Waals surface area (Å²) < 4.78 is 17.0. The molecule has 4 aromatic carbocycles. The summed E-state index contributed by atoms with van der Waals surface area (Å²) in [5.74, 6) is 6.43. The summed E-state index contributed by atoms with van der Waals surface area (Å²) in [7, 11) is 0. The Morgan fingerprint density at radius 3 is 1.60 bits per heavy atom. The fourth-order valence-corrected chi connectivity index (χ4v) is 15.3. The minimum atomic E-state index is -2.97. The molecule has 3 aliphatic rings. The molecular formula is C26H19GeNO2. The SMILES string of the molecule is Cc1ccc(N2c3cccc4[c]3[Ge]3([CH3])[c]5c(cccc5Oc5cccc2[c]53)O4)cc1. The number of rotatable bonds is 1. The van der Waals surface area contributed by atoms with E-state index < -0.39 is 13.3 Å². The third-order valence-electron chi connectivity index (χ3n) is 6.71. The average Bonchev–Trinajstić information content (AvgIpc) is 2.75. The molecule has 3 nitrogen and oxygen atoms in total. The Kier molecular flexibility index (Phi) is 3.04. The average molecular weight is 450 g/mol. The van der Waals surface area contributed by atoms with E-state index in [-0.39, 0.29) is 0 Å². The normalized spacial score (nSPS) is 15.7. The molecule has 0 aliphatic carbocycles. The molecule has 0 amide bonds. The Bertz CT molecular complexity index is 1300. The van der Waals surface area contributed by atoms with Crippen molar-refractivity contribution in [1.29, 1.82) is 0 Å². The van der Waals surface area contributed by atoms with E-state index in [1.54, 1.807) is 0 Å². The molecule has 4 aromatic rings. The summed E-state index contributed by atoms with van der Waals surface area (Å²) in [5.41, 5.74) is 4.90. The third kappa shape index (κ3) is 1.87. The van der Waals surface area contributed by atoms with Gasteiger partial charge in [-0.25, -0.2) is 0 Å². The Labute approximate surface area is 177 Å². The summed E-state index contributed by atoms with van der Waals surface area (Å²) in [6.45, 7) is 2.13. The van der Waals surface area contributed by atoms with E-state index in [4.69, 9.17) is 9.47 Å². The number of hydrogen-bond donors (Lipinski definition) is 0. The first-order valence-electron chi connectivity index (χ1n) is 10.3. The van der Waals surface area contributed by atoms with Gasteiger partial charge in [0.2, 0.25) is 0 Å². The molecule has 7 rings (SSSR count). The van der Waals surface area contributed by atoms with Gasteiger partial charge in [-0.15, -0.1) is 0 Å². The molecule has 0 atom stereocenters. The molecule has 0 saturated heterocycles. The zero-order valence-corrected chi connectivity index (χ0v) is 18.9. The minimum absolute atomic E-state index is 0.962. The predicted octanol–water partition coefficient (Wildman–Crippen LogP) is 5.09. The molecule has 30 heavy (non-hydrogen) atoms. The van der Waals surface area contributed by atoms with Crippen molar-refractivity contribution in [3.63, 3.8) is 0 Å². The van der Waals surface area contributed by atoms with Crippen molar-refractivity contribution in [2.45, 2.75) is 12.7 Å². The summed E-state index contributed by atoms with van der Waals surface area (Å²) >= 11 is -2.97. The van der Waals surface area contributed by atoms with Crippen LogP contribution in [0.5, 0.6) is 23.0 Å². The quantitative estimate of drug-likeness (QED) is 0.333. The van der Waals surface area contributed by atoms with Crippen LogP contribution in [-0.4, -0.2) is 13.3 Å². The molecule has 0 fully saturated rings. The van der Waals surface area contributed by atoms with Crippen LogP contribution in [0.1, 0.15) is 5.56 Å². The van der Waals surface area contributed by atoms with Crippen molar-refractivity contribution in [1.82, 2.24) is 0 Å².